The summed E-state index contributed by atoms with van der Waals surface area (Å²) in [5, 5.41) is 18.7. The van der Waals surface area contributed by atoms with E-state index in [-0.39, 0.29) is 17.4 Å². The standard InChI is InChI=1S/C9H11ClO5/c1-14-9(13)7-3-2-6(15-7)8(12)5(11)4-10/h2-3,5,8,11-12H,4H2,1H3. The van der Waals surface area contributed by atoms with Crippen molar-refractivity contribution >= 4 is 17.6 Å². The molecular formula is C9H11ClO5. The molecule has 0 aliphatic heterocycles. The summed E-state index contributed by atoms with van der Waals surface area (Å²) in [4.78, 5) is 11.0. The van der Waals surface area contributed by atoms with Crippen LogP contribution in [0.4, 0.5) is 0 Å². The molecule has 2 N–H and O–H groups in total. The van der Waals surface area contributed by atoms with E-state index in [0.29, 0.717) is 0 Å². The van der Waals surface area contributed by atoms with Crippen molar-refractivity contribution < 1.29 is 24.2 Å². The maximum absolute atomic E-state index is 11.0. The molecule has 2 unspecified atom stereocenters. The van der Waals surface area contributed by atoms with Crippen molar-refractivity contribution in [1.29, 1.82) is 0 Å². The van der Waals surface area contributed by atoms with Gasteiger partial charge in [0.1, 0.15) is 18.0 Å². The number of aliphatic hydroxyl groups excluding tert-OH is 2. The van der Waals surface area contributed by atoms with Crippen LogP contribution in [-0.2, 0) is 4.74 Å². The highest BCUT2D eigenvalue weighted by molar-refractivity contribution is 6.18. The zero-order chi connectivity index (χ0) is 11.4. The summed E-state index contributed by atoms with van der Waals surface area (Å²) in [6.07, 6.45) is -2.38. The molecule has 0 saturated carbocycles. The van der Waals surface area contributed by atoms with E-state index in [0.717, 1.165) is 0 Å². The Kier molecular flexibility index (Phi) is 4.14. The molecule has 5 nitrogen and oxygen atoms in total. The number of halogens is 1. The fraction of sp³-hybridized carbons (Fsp3) is 0.444. The maximum atomic E-state index is 11.0. The van der Waals surface area contributed by atoms with Crippen molar-refractivity contribution in [3.63, 3.8) is 0 Å². The molecule has 1 rings (SSSR count). The fourth-order valence-electron chi connectivity index (χ4n) is 0.996. The van der Waals surface area contributed by atoms with Crippen LogP contribution in [0.3, 0.4) is 0 Å². The van der Waals surface area contributed by atoms with Gasteiger partial charge in [0.25, 0.3) is 0 Å². The second kappa shape index (κ2) is 5.16. The molecule has 1 aromatic rings. The van der Waals surface area contributed by atoms with E-state index in [1.54, 1.807) is 0 Å². The third kappa shape index (κ3) is 2.71. The molecule has 15 heavy (non-hydrogen) atoms. The van der Waals surface area contributed by atoms with Crippen LogP contribution >= 0.6 is 11.6 Å². The Morgan fingerprint density at radius 1 is 1.60 bits per heavy atom. The summed E-state index contributed by atoms with van der Waals surface area (Å²) in [6.45, 7) is 0. The number of furan rings is 1. The van der Waals surface area contributed by atoms with Crippen molar-refractivity contribution in [1.82, 2.24) is 0 Å². The van der Waals surface area contributed by atoms with Gasteiger partial charge < -0.3 is 19.4 Å². The third-order valence-electron chi connectivity index (χ3n) is 1.83. The quantitative estimate of drug-likeness (QED) is 0.592. The van der Waals surface area contributed by atoms with Gasteiger partial charge in [-0.2, -0.15) is 0 Å². The van der Waals surface area contributed by atoms with Gasteiger partial charge in [0.15, 0.2) is 0 Å². The molecule has 0 aliphatic rings. The van der Waals surface area contributed by atoms with E-state index in [2.05, 4.69) is 4.74 Å². The highest BCUT2D eigenvalue weighted by Gasteiger charge is 2.22. The van der Waals surface area contributed by atoms with E-state index in [4.69, 9.17) is 16.0 Å². The predicted octanol–water partition coefficient (Wildman–Crippen LogP) is 0.699. The first-order valence-corrected chi connectivity index (χ1v) is 4.73. The Bertz CT molecular complexity index is 335. The van der Waals surface area contributed by atoms with Gasteiger partial charge in [0, 0.05) is 0 Å². The minimum atomic E-state index is -1.25. The first kappa shape index (κ1) is 12.0. The number of carbonyl (C=O) groups excluding carboxylic acids is 1. The SMILES string of the molecule is COC(=O)c1ccc(C(O)C(O)CCl)o1. The summed E-state index contributed by atoms with van der Waals surface area (Å²) in [5.41, 5.74) is 0. The van der Waals surface area contributed by atoms with Crippen molar-refractivity contribution in [2.75, 3.05) is 13.0 Å². The van der Waals surface area contributed by atoms with Crippen LogP contribution in [0.25, 0.3) is 0 Å². The molecule has 0 amide bonds. The highest BCUT2D eigenvalue weighted by Crippen LogP contribution is 2.20. The van der Waals surface area contributed by atoms with Gasteiger partial charge in [-0.1, -0.05) is 0 Å². The van der Waals surface area contributed by atoms with Gasteiger partial charge >= 0.3 is 5.97 Å². The van der Waals surface area contributed by atoms with Gasteiger partial charge in [-0.15, -0.1) is 11.6 Å². The number of methoxy groups -OCH3 is 1. The van der Waals surface area contributed by atoms with Crippen molar-refractivity contribution in [2.24, 2.45) is 0 Å². The smallest absolute Gasteiger partial charge is 0.373 e. The molecule has 0 aromatic carbocycles. The normalized spacial score (nSPS) is 14.7. The number of hydrogen-bond acceptors (Lipinski definition) is 5. The van der Waals surface area contributed by atoms with Crippen LogP contribution in [0.15, 0.2) is 16.5 Å². The summed E-state index contributed by atoms with van der Waals surface area (Å²) >= 11 is 5.35. The lowest BCUT2D eigenvalue weighted by Gasteiger charge is -2.12. The average Bonchev–Trinajstić information content (AvgIpc) is 2.75. The second-order valence-electron chi connectivity index (χ2n) is 2.86. The molecule has 0 radical (unpaired) electrons. The zero-order valence-electron chi connectivity index (χ0n) is 8.01. The van der Waals surface area contributed by atoms with Gasteiger partial charge in [0.05, 0.1) is 13.0 Å². The zero-order valence-corrected chi connectivity index (χ0v) is 8.77. The predicted molar refractivity (Wildman–Crippen MR) is 51.7 cm³/mol. The van der Waals surface area contributed by atoms with E-state index in [9.17, 15) is 15.0 Å². The molecule has 0 saturated heterocycles. The molecule has 0 spiro atoms. The highest BCUT2D eigenvalue weighted by atomic mass is 35.5. The van der Waals surface area contributed by atoms with Crippen LogP contribution in [0.5, 0.6) is 0 Å². The molecule has 2 atom stereocenters. The average molecular weight is 235 g/mol. The Labute approximate surface area is 91.2 Å². The molecule has 1 aromatic heterocycles. The van der Waals surface area contributed by atoms with Crippen LogP contribution < -0.4 is 0 Å². The lowest BCUT2D eigenvalue weighted by molar-refractivity contribution is 0.0172. The molecular weight excluding hydrogens is 224 g/mol. The Morgan fingerprint density at radius 3 is 2.80 bits per heavy atom. The molecule has 1 heterocycles. The van der Waals surface area contributed by atoms with Gasteiger partial charge in [-0.25, -0.2) is 4.79 Å². The maximum Gasteiger partial charge on any atom is 0.373 e. The lowest BCUT2D eigenvalue weighted by atomic mass is 10.2. The number of carbonyl (C=O) groups is 1. The van der Waals surface area contributed by atoms with E-state index >= 15 is 0 Å². The molecule has 6 heteroatoms. The lowest BCUT2D eigenvalue weighted by Crippen LogP contribution is -2.19. The molecule has 0 bridgehead atoms. The van der Waals surface area contributed by atoms with Crippen molar-refractivity contribution in [3.8, 4) is 0 Å². The first-order chi connectivity index (χ1) is 7.10. The number of aliphatic hydroxyl groups is 2. The third-order valence-corrected chi connectivity index (χ3v) is 2.14. The van der Waals surface area contributed by atoms with E-state index in [1.165, 1.54) is 19.2 Å². The summed E-state index contributed by atoms with van der Waals surface area (Å²) < 4.78 is 9.39. The van der Waals surface area contributed by atoms with Crippen LogP contribution in [0.2, 0.25) is 0 Å². The van der Waals surface area contributed by atoms with Crippen molar-refractivity contribution in [2.45, 2.75) is 12.2 Å². The largest absolute Gasteiger partial charge is 0.463 e. The number of hydrogen-bond donors (Lipinski definition) is 2. The van der Waals surface area contributed by atoms with Crippen molar-refractivity contribution in [3.05, 3.63) is 23.7 Å². The van der Waals surface area contributed by atoms with Gasteiger partial charge in [0.2, 0.25) is 5.76 Å². The molecule has 0 fully saturated rings. The van der Waals surface area contributed by atoms with E-state index < -0.39 is 18.2 Å². The second-order valence-corrected chi connectivity index (χ2v) is 3.17. The topological polar surface area (TPSA) is 79.9 Å². The van der Waals surface area contributed by atoms with Crippen LogP contribution in [0, 0.1) is 0 Å². The first-order valence-electron chi connectivity index (χ1n) is 4.20. The minimum absolute atomic E-state index is 0.0340. The number of rotatable bonds is 4. The Balaban J connectivity index is 2.79. The van der Waals surface area contributed by atoms with Crippen LogP contribution in [0.1, 0.15) is 22.4 Å². The summed E-state index contributed by atoms with van der Waals surface area (Å²) in [5.74, 6) is -0.735. The monoisotopic (exact) mass is 234 g/mol. The van der Waals surface area contributed by atoms with Gasteiger partial charge in [-0.05, 0) is 12.1 Å². The Hall–Kier alpha value is -1.04. The minimum Gasteiger partial charge on any atom is -0.463 e. The van der Waals surface area contributed by atoms with Gasteiger partial charge in [-0.3, -0.25) is 0 Å². The Morgan fingerprint density at radius 2 is 2.27 bits per heavy atom. The number of esters is 1. The summed E-state index contributed by atoms with van der Waals surface area (Å²) in [7, 11) is 1.22. The summed E-state index contributed by atoms with van der Waals surface area (Å²) in [6, 6.07) is 2.73. The number of ether oxygens (including phenoxy) is 1. The molecule has 0 aliphatic carbocycles. The number of alkyl halides is 1. The van der Waals surface area contributed by atoms with E-state index in [1.807, 2.05) is 0 Å². The molecule has 84 valence electrons. The van der Waals surface area contributed by atoms with Crippen LogP contribution in [-0.4, -0.2) is 35.3 Å². The fourth-order valence-corrected chi connectivity index (χ4v) is 1.16.